The van der Waals surface area contributed by atoms with Gasteiger partial charge in [-0.1, -0.05) is 51.8 Å². The second-order valence-corrected chi connectivity index (χ2v) is 7.95. The van der Waals surface area contributed by atoms with Gasteiger partial charge in [0.15, 0.2) is 5.60 Å². The van der Waals surface area contributed by atoms with Crippen molar-refractivity contribution < 1.29 is 14.3 Å². The molecular weight excluding hydrogens is 416 g/mol. The van der Waals surface area contributed by atoms with E-state index in [1.54, 1.807) is 19.1 Å². The monoisotopic (exact) mass is 432 g/mol. The average Bonchev–Trinajstić information content (AvgIpc) is 2.90. The molecule has 1 aliphatic rings. The molecule has 2 aromatic rings. The fourth-order valence-electron chi connectivity index (χ4n) is 3.18. The Morgan fingerprint density at radius 2 is 1.77 bits per heavy atom. The van der Waals surface area contributed by atoms with Crippen LogP contribution in [0.25, 0.3) is 5.76 Å². The second-order valence-electron chi connectivity index (χ2n) is 6.60. The summed E-state index contributed by atoms with van der Waals surface area (Å²) < 4.78 is 7.09. The molecule has 0 aliphatic carbocycles. The summed E-state index contributed by atoms with van der Waals surface area (Å²) in [5.74, 6) is -0.0160. The van der Waals surface area contributed by atoms with Gasteiger partial charge in [0, 0.05) is 33.5 Å². The lowest BCUT2D eigenvalue weighted by molar-refractivity contribution is -0.130. The van der Waals surface area contributed by atoms with Gasteiger partial charge >= 0.3 is 0 Å². The fourth-order valence-corrected chi connectivity index (χ4v) is 3.57. The van der Waals surface area contributed by atoms with Gasteiger partial charge in [-0.3, -0.25) is 4.79 Å². The van der Waals surface area contributed by atoms with Crippen LogP contribution < -0.4 is 0 Å². The van der Waals surface area contributed by atoms with Crippen LogP contribution in [0.4, 0.5) is 0 Å². The normalized spacial score (nSPS) is 20.5. The number of Topliss-reactive ketones (excluding diaryl/α,β-unsaturated/α-hetero) is 1. The number of hydrogen-bond acceptors (Lipinski definition) is 3. The van der Waals surface area contributed by atoms with Crippen LogP contribution in [0, 0.1) is 0 Å². The van der Waals surface area contributed by atoms with Crippen LogP contribution in [0.5, 0.6) is 0 Å². The lowest BCUT2D eigenvalue weighted by Crippen LogP contribution is -2.40. The second kappa shape index (κ2) is 7.37. The van der Waals surface area contributed by atoms with Crippen LogP contribution in [0.3, 0.4) is 0 Å². The van der Waals surface area contributed by atoms with Crippen molar-refractivity contribution in [2.24, 2.45) is 0 Å². The topological polar surface area (TPSA) is 43.4 Å². The van der Waals surface area contributed by atoms with Gasteiger partial charge in [0.25, 0.3) is 0 Å². The van der Waals surface area contributed by atoms with Crippen molar-refractivity contribution in [2.75, 3.05) is 0 Å². The Labute approximate surface area is 166 Å². The van der Waals surface area contributed by atoms with Gasteiger partial charge in [-0.15, -0.1) is 0 Å². The Hall–Kier alpha value is -1.91. The van der Waals surface area contributed by atoms with Crippen molar-refractivity contribution in [3.63, 3.8) is 0 Å². The van der Waals surface area contributed by atoms with Crippen molar-refractivity contribution in [1.29, 1.82) is 0 Å². The first-order valence-corrected chi connectivity index (χ1v) is 9.42. The van der Waals surface area contributed by atoms with Crippen LogP contribution in [0.1, 0.15) is 37.3 Å². The Balaban J connectivity index is 1.96. The Morgan fingerprint density at radius 1 is 1.15 bits per heavy atom. The van der Waals surface area contributed by atoms with Crippen molar-refractivity contribution in [1.82, 2.24) is 0 Å². The zero-order valence-corrected chi connectivity index (χ0v) is 16.8. The third kappa shape index (κ3) is 3.76. The third-order valence-electron chi connectivity index (χ3n) is 4.63. The smallest absolute Gasteiger partial charge is 0.203 e. The van der Waals surface area contributed by atoms with Crippen LogP contribution in [-0.2, 0) is 14.3 Å². The molecule has 1 aliphatic heterocycles. The molecule has 2 atom stereocenters. The lowest BCUT2D eigenvalue weighted by atomic mass is 9.78. The number of hydrogen-bond donors (Lipinski definition) is 0. The molecule has 0 N–H and O–H groups in total. The van der Waals surface area contributed by atoms with Crippen LogP contribution in [0.2, 0.25) is 5.02 Å². The summed E-state index contributed by atoms with van der Waals surface area (Å²) >= 11 is 9.38. The summed E-state index contributed by atoms with van der Waals surface area (Å²) in [4.78, 5) is 24.7. The molecule has 0 saturated heterocycles. The standard InChI is InChI=1S/C21H18BrClO3/c1-13(24)11-18(14-5-9-17(23)10-6-14)21(2)20(25)12-19(26-21)15-3-7-16(22)8-4-15/h3-10,12,18H,11H2,1-2H3/t18-,21-/m1/s1. The minimum atomic E-state index is -1.14. The average molecular weight is 434 g/mol. The van der Waals surface area contributed by atoms with Gasteiger partial charge in [-0.25, -0.2) is 0 Å². The number of ether oxygens (including phenoxy) is 1. The zero-order chi connectivity index (χ0) is 18.9. The Morgan fingerprint density at radius 3 is 2.35 bits per heavy atom. The molecule has 0 bridgehead atoms. The van der Waals surface area contributed by atoms with Gasteiger partial charge < -0.3 is 9.53 Å². The highest BCUT2D eigenvalue weighted by Gasteiger charge is 2.48. The first kappa shape index (κ1) is 18.9. The van der Waals surface area contributed by atoms with Gasteiger partial charge in [0.2, 0.25) is 5.78 Å². The highest BCUT2D eigenvalue weighted by Crippen LogP contribution is 2.43. The van der Waals surface area contributed by atoms with Gasteiger partial charge in [-0.2, -0.15) is 0 Å². The summed E-state index contributed by atoms with van der Waals surface area (Å²) in [6, 6.07) is 14.8. The van der Waals surface area contributed by atoms with E-state index < -0.39 is 11.5 Å². The fraction of sp³-hybridized carbons (Fsp3) is 0.238. The molecule has 0 aromatic heterocycles. The van der Waals surface area contributed by atoms with Crippen LogP contribution in [0.15, 0.2) is 59.1 Å². The largest absolute Gasteiger partial charge is 0.478 e. The molecular formula is C21H18BrClO3. The molecule has 0 saturated carbocycles. The van der Waals surface area contributed by atoms with Crippen molar-refractivity contribution in [3.05, 3.63) is 75.2 Å². The maximum absolute atomic E-state index is 12.9. The van der Waals surface area contributed by atoms with Crippen LogP contribution in [-0.4, -0.2) is 17.2 Å². The van der Waals surface area contributed by atoms with E-state index in [1.165, 1.54) is 13.0 Å². The molecule has 2 aromatic carbocycles. The molecule has 0 fully saturated rings. The van der Waals surface area contributed by atoms with E-state index in [-0.39, 0.29) is 18.0 Å². The molecule has 1 heterocycles. The SMILES string of the molecule is CC(=O)C[C@H](c1ccc(Cl)cc1)[C@@]1(C)OC(c2ccc(Br)cc2)=CC1=O. The number of carbonyl (C=O) groups excluding carboxylic acids is 2. The molecule has 3 nitrogen and oxygen atoms in total. The Bertz CT molecular complexity index is 871. The summed E-state index contributed by atoms with van der Waals surface area (Å²) in [6.07, 6.45) is 1.73. The first-order chi connectivity index (χ1) is 12.3. The molecule has 0 spiro atoms. The van der Waals surface area contributed by atoms with E-state index >= 15 is 0 Å². The molecule has 0 amide bonds. The Kier molecular flexibility index (Phi) is 5.35. The van der Waals surface area contributed by atoms with Gasteiger partial charge in [-0.05, 0) is 43.7 Å². The predicted molar refractivity (Wildman–Crippen MR) is 106 cm³/mol. The van der Waals surface area contributed by atoms with E-state index in [0.717, 1.165) is 15.6 Å². The lowest BCUT2D eigenvalue weighted by Gasteiger charge is -2.33. The molecule has 134 valence electrons. The number of rotatable bonds is 5. The number of halogens is 2. The third-order valence-corrected chi connectivity index (χ3v) is 5.41. The van der Waals surface area contributed by atoms with E-state index in [2.05, 4.69) is 15.9 Å². The minimum absolute atomic E-state index is 0.000309. The van der Waals surface area contributed by atoms with Crippen molar-refractivity contribution in [2.45, 2.75) is 31.8 Å². The zero-order valence-electron chi connectivity index (χ0n) is 14.5. The highest BCUT2D eigenvalue weighted by atomic mass is 79.9. The van der Waals surface area contributed by atoms with E-state index in [1.807, 2.05) is 36.4 Å². The van der Waals surface area contributed by atoms with Crippen LogP contribution >= 0.6 is 27.5 Å². The van der Waals surface area contributed by atoms with Gasteiger partial charge in [0.1, 0.15) is 11.5 Å². The number of benzene rings is 2. The molecule has 3 rings (SSSR count). The minimum Gasteiger partial charge on any atom is -0.478 e. The summed E-state index contributed by atoms with van der Waals surface area (Å²) in [5, 5.41) is 0.604. The summed E-state index contributed by atoms with van der Waals surface area (Å²) in [5.41, 5.74) is 0.538. The highest BCUT2D eigenvalue weighted by molar-refractivity contribution is 9.10. The molecule has 5 heteroatoms. The maximum atomic E-state index is 12.9. The summed E-state index contributed by atoms with van der Waals surface area (Å²) in [7, 11) is 0. The number of ketones is 2. The van der Waals surface area contributed by atoms with E-state index in [4.69, 9.17) is 16.3 Å². The number of carbonyl (C=O) groups is 2. The van der Waals surface area contributed by atoms with Gasteiger partial charge in [0.05, 0.1) is 0 Å². The van der Waals surface area contributed by atoms with Crippen molar-refractivity contribution in [3.8, 4) is 0 Å². The molecule has 0 radical (unpaired) electrons. The van der Waals surface area contributed by atoms with E-state index in [9.17, 15) is 9.59 Å². The summed E-state index contributed by atoms with van der Waals surface area (Å²) in [6.45, 7) is 3.27. The molecule has 0 unspecified atom stereocenters. The predicted octanol–water partition coefficient (Wildman–Crippen LogP) is 5.56. The maximum Gasteiger partial charge on any atom is 0.203 e. The van der Waals surface area contributed by atoms with E-state index in [0.29, 0.717) is 10.8 Å². The quantitative estimate of drug-likeness (QED) is 0.619. The first-order valence-electron chi connectivity index (χ1n) is 8.25. The van der Waals surface area contributed by atoms with Crippen molar-refractivity contribution >= 4 is 44.9 Å². The molecule has 26 heavy (non-hydrogen) atoms.